The molecule has 3 aromatic rings. The normalized spacial score (nSPS) is 18.5. The van der Waals surface area contributed by atoms with Crippen LogP contribution in [0.4, 0.5) is 0 Å². The Balaban J connectivity index is 1.46. The molecule has 5 rings (SSSR count). The first-order valence-corrected chi connectivity index (χ1v) is 11.9. The lowest BCUT2D eigenvalue weighted by atomic mass is 9.86. The molecule has 3 aromatic carbocycles. The van der Waals surface area contributed by atoms with Crippen molar-refractivity contribution in [2.75, 3.05) is 19.6 Å². The number of nitrogens with zero attached hydrogens (tertiary/aromatic N) is 1. The minimum absolute atomic E-state index is 0.183. The number of phenols is 1. The molecule has 1 atom stereocenters. The minimum atomic E-state index is -0.350. The summed E-state index contributed by atoms with van der Waals surface area (Å²) in [6, 6.07) is 21.2. The van der Waals surface area contributed by atoms with Crippen LogP contribution in [0, 0.1) is 0 Å². The van der Waals surface area contributed by atoms with E-state index in [0.717, 1.165) is 53.2 Å². The second-order valence-corrected chi connectivity index (χ2v) is 9.17. The van der Waals surface area contributed by atoms with Crippen LogP contribution in [0.15, 0.2) is 66.7 Å². The van der Waals surface area contributed by atoms with Gasteiger partial charge in [0.2, 0.25) is 0 Å². The number of halogens is 1. The number of hydrogen-bond donors (Lipinski definition) is 1. The van der Waals surface area contributed by atoms with Crippen molar-refractivity contribution in [3.63, 3.8) is 0 Å². The number of aromatic hydroxyl groups is 1. The van der Waals surface area contributed by atoms with Gasteiger partial charge in [0.25, 0.3) is 0 Å². The fourth-order valence-corrected chi connectivity index (χ4v) is 4.95. The van der Waals surface area contributed by atoms with E-state index in [9.17, 15) is 5.11 Å². The van der Waals surface area contributed by atoms with E-state index in [1.807, 2.05) is 42.5 Å². The van der Waals surface area contributed by atoms with Crippen LogP contribution in [0.5, 0.6) is 17.2 Å². The molecule has 2 aliphatic heterocycles. The lowest BCUT2D eigenvalue weighted by Gasteiger charge is -2.38. The molecule has 1 N–H and O–H groups in total. The molecule has 0 bridgehead atoms. The predicted molar refractivity (Wildman–Crippen MR) is 133 cm³/mol. The summed E-state index contributed by atoms with van der Waals surface area (Å²) in [7, 11) is 0. The second-order valence-electron chi connectivity index (χ2n) is 8.77. The fourth-order valence-electron chi connectivity index (χ4n) is 4.71. The molecule has 0 aromatic heterocycles. The van der Waals surface area contributed by atoms with Crippen molar-refractivity contribution in [3.05, 3.63) is 88.4 Å². The highest BCUT2D eigenvalue weighted by Crippen LogP contribution is 2.48. The van der Waals surface area contributed by atoms with Gasteiger partial charge in [-0.3, -0.25) is 4.90 Å². The highest BCUT2D eigenvalue weighted by atomic mass is 35.5. The van der Waals surface area contributed by atoms with Crippen molar-refractivity contribution >= 4 is 22.7 Å². The first-order valence-electron chi connectivity index (χ1n) is 11.5. The van der Waals surface area contributed by atoms with Gasteiger partial charge < -0.3 is 14.6 Å². The molecular formula is C28H28ClNO3. The van der Waals surface area contributed by atoms with Gasteiger partial charge in [0.05, 0.1) is 0 Å². The third kappa shape index (κ3) is 4.33. The number of ether oxygens (including phenoxy) is 2. The van der Waals surface area contributed by atoms with Gasteiger partial charge in [-0.15, -0.1) is 0 Å². The van der Waals surface area contributed by atoms with E-state index in [2.05, 4.69) is 30.9 Å². The van der Waals surface area contributed by atoms with E-state index in [1.54, 1.807) is 12.1 Å². The van der Waals surface area contributed by atoms with Gasteiger partial charge in [0.15, 0.2) is 0 Å². The van der Waals surface area contributed by atoms with E-state index < -0.39 is 0 Å². The summed E-state index contributed by atoms with van der Waals surface area (Å²) in [6.07, 6.45) is 1.07. The summed E-state index contributed by atoms with van der Waals surface area (Å²) in [5, 5.41) is 10.7. The summed E-state index contributed by atoms with van der Waals surface area (Å²) in [4.78, 5) is 2.41. The van der Waals surface area contributed by atoms with Crippen LogP contribution >= 0.6 is 11.6 Å². The number of likely N-dealkylation sites (tertiary alicyclic amines) is 1. The molecule has 0 aliphatic carbocycles. The molecule has 5 heteroatoms. The average molecular weight is 462 g/mol. The van der Waals surface area contributed by atoms with Crippen molar-refractivity contribution in [1.82, 2.24) is 4.90 Å². The average Bonchev–Trinajstić information content (AvgIpc) is 2.79. The summed E-state index contributed by atoms with van der Waals surface area (Å²) in [5.41, 5.74) is 5.03. The Bertz CT molecular complexity index is 1180. The molecule has 2 aliphatic rings. The molecule has 4 nitrogen and oxygen atoms in total. The molecule has 0 radical (unpaired) electrons. The monoisotopic (exact) mass is 461 g/mol. The van der Waals surface area contributed by atoms with E-state index in [4.69, 9.17) is 21.1 Å². The molecular weight excluding hydrogens is 434 g/mol. The number of fused-ring (bicyclic) bond motifs is 1. The molecule has 0 amide bonds. The molecule has 0 spiro atoms. The van der Waals surface area contributed by atoms with Crippen LogP contribution in [0.3, 0.4) is 0 Å². The van der Waals surface area contributed by atoms with E-state index >= 15 is 0 Å². The maximum absolute atomic E-state index is 10.0. The molecule has 0 saturated carbocycles. The van der Waals surface area contributed by atoms with Crippen molar-refractivity contribution < 1.29 is 14.6 Å². The molecule has 2 heterocycles. The van der Waals surface area contributed by atoms with E-state index in [1.165, 1.54) is 6.42 Å². The van der Waals surface area contributed by atoms with Gasteiger partial charge >= 0.3 is 0 Å². The van der Waals surface area contributed by atoms with Crippen LogP contribution in [0.25, 0.3) is 11.1 Å². The number of phenolic OH excluding ortho intramolecular Hbond substituents is 1. The maximum atomic E-state index is 10.0. The Morgan fingerprint density at radius 2 is 1.79 bits per heavy atom. The zero-order chi connectivity index (χ0) is 22.9. The predicted octanol–water partition coefficient (Wildman–Crippen LogP) is 6.58. The standard InChI is InChI=1S/C28H28ClNO3/c1-3-14-30-16-22(17-30)32-21-11-8-19(9-12-21)28-27(24-6-4-5-7-25(24)29)18(2)23-13-10-20(31)15-26(23)33-28/h4-13,15,22,28,31H,3,14,16-17H2,1-2H3. The molecule has 33 heavy (non-hydrogen) atoms. The number of hydrogen-bond acceptors (Lipinski definition) is 4. The number of allylic oxidation sites excluding steroid dienone is 1. The fraction of sp³-hybridized carbons (Fsp3) is 0.286. The lowest BCUT2D eigenvalue weighted by molar-refractivity contribution is 0.0202. The summed E-state index contributed by atoms with van der Waals surface area (Å²) >= 11 is 6.61. The van der Waals surface area contributed by atoms with Crippen molar-refractivity contribution in [2.45, 2.75) is 32.5 Å². The topological polar surface area (TPSA) is 41.9 Å². The Hall–Kier alpha value is -2.95. The first kappa shape index (κ1) is 21.9. The molecule has 1 saturated heterocycles. The van der Waals surface area contributed by atoms with Gasteiger partial charge in [-0.05, 0) is 61.4 Å². The lowest BCUT2D eigenvalue weighted by Crippen LogP contribution is -2.53. The highest BCUT2D eigenvalue weighted by Gasteiger charge is 2.31. The van der Waals surface area contributed by atoms with Gasteiger partial charge in [-0.25, -0.2) is 0 Å². The zero-order valence-corrected chi connectivity index (χ0v) is 19.7. The Labute approximate surface area is 200 Å². The summed E-state index contributed by atoms with van der Waals surface area (Å²) < 4.78 is 12.6. The summed E-state index contributed by atoms with van der Waals surface area (Å²) in [5.74, 6) is 1.72. The van der Waals surface area contributed by atoms with Gasteiger partial charge in [-0.2, -0.15) is 0 Å². The Morgan fingerprint density at radius 3 is 2.52 bits per heavy atom. The maximum Gasteiger partial charge on any atom is 0.150 e. The van der Waals surface area contributed by atoms with E-state index in [-0.39, 0.29) is 18.0 Å². The summed E-state index contributed by atoms with van der Waals surface area (Å²) in [6.45, 7) is 7.39. The van der Waals surface area contributed by atoms with Crippen molar-refractivity contribution in [1.29, 1.82) is 0 Å². The van der Waals surface area contributed by atoms with Crippen LogP contribution in [0.2, 0.25) is 5.02 Å². The van der Waals surface area contributed by atoms with Gasteiger partial charge in [0.1, 0.15) is 29.5 Å². The first-order chi connectivity index (χ1) is 16.0. The van der Waals surface area contributed by atoms with Crippen molar-refractivity contribution in [2.24, 2.45) is 0 Å². The van der Waals surface area contributed by atoms with Gasteiger partial charge in [-0.1, -0.05) is 48.9 Å². The molecule has 1 unspecified atom stereocenters. The minimum Gasteiger partial charge on any atom is -0.508 e. The number of rotatable bonds is 6. The Morgan fingerprint density at radius 1 is 1.03 bits per heavy atom. The van der Waals surface area contributed by atoms with E-state index in [0.29, 0.717) is 10.8 Å². The number of benzene rings is 3. The quantitative estimate of drug-likeness (QED) is 0.450. The van der Waals surface area contributed by atoms with Crippen molar-refractivity contribution in [3.8, 4) is 17.2 Å². The molecule has 170 valence electrons. The molecule has 1 fully saturated rings. The van der Waals surface area contributed by atoms with Gasteiger partial charge in [0, 0.05) is 40.9 Å². The second kappa shape index (κ2) is 9.12. The van der Waals surface area contributed by atoms with Crippen LogP contribution in [0.1, 0.15) is 43.1 Å². The largest absolute Gasteiger partial charge is 0.508 e. The van der Waals surface area contributed by atoms with Crippen LogP contribution < -0.4 is 9.47 Å². The third-order valence-electron chi connectivity index (χ3n) is 6.39. The zero-order valence-electron chi connectivity index (χ0n) is 18.9. The third-order valence-corrected chi connectivity index (χ3v) is 6.72. The van der Waals surface area contributed by atoms with Crippen LogP contribution in [-0.4, -0.2) is 35.7 Å². The SMILES string of the molecule is CCCN1CC(Oc2ccc(C3Oc4cc(O)ccc4C(C)=C3c3ccccc3Cl)cc2)C1. The smallest absolute Gasteiger partial charge is 0.150 e. The van der Waals surface area contributed by atoms with Crippen LogP contribution in [-0.2, 0) is 0 Å². The Kier molecular flexibility index (Phi) is 6.05. The highest BCUT2D eigenvalue weighted by molar-refractivity contribution is 6.32.